The fourth-order valence-corrected chi connectivity index (χ4v) is 2.57. The van der Waals surface area contributed by atoms with Crippen molar-refractivity contribution in [2.24, 2.45) is 5.73 Å². The van der Waals surface area contributed by atoms with Crippen LogP contribution in [0.3, 0.4) is 0 Å². The molecule has 0 aliphatic heterocycles. The number of amides is 1. The van der Waals surface area contributed by atoms with Crippen molar-refractivity contribution in [1.82, 2.24) is 25.3 Å². The minimum Gasteiger partial charge on any atom is -0.349 e. The van der Waals surface area contributed by atoms with E-state index in [1.54, 1.807) is 22.2 Å². The molecule has 7 nitrogen and oxygen atoms in total. The molecule has 2 rings (SSSR count). The Morgan fingerprint density at radius 2 is 2.35 bits per heavy atom. The highest BCUT2D eigenvalue weighted by Crippen LogP contribution is 2.12. The number of rotatable bonds is 7. The third-order valence-corrected chi connectivity index (χ3v) is 3.58. The molecular weight excluding hydrogens is 276 g/mol. The Kier molecular flexibility index (Phi) is 5.19. The molecule has 0 aliphatic carbocycles. The fraction of sp³-hybridized carbons (Fsp3) is 0.500. The monoisotopic (exact) mass is 294 g/mol. The summed E-state index contributed by atoms with van der Waals surface area (Å²) in [6, 6.07) is 0. The zero-order chi connectivity index (χ0) is 14.4. The van der Waals surface area contributed by atoms with E-state index in [1.165, 1.54) is 0 Å². The molecule has 0 atom stereocenters. The molecule has 0 saturated carbocycles. The second-order valence-electron chi connectivity index (χ2n) is 4.37. The molecule has 3 N–H and O–H groups in total. The van der Waals surface area contributed by atoms with Crippen LogP contribution < -0.4 is 11.1 Å². The predicted molar refractivity (Wildman–Crippen MR) is 76.1 cm³/mol. The summed E-state index contributed by atoms with van der Waals surface area (Å²) in [4.78, 5) is 15.6. The number of carbonyl (C=O) groups is 1. The molecule has 8 heteroatoms. The number of nitrogens with one attached hydrogen (secondary N) is 1. The van der Waals surface area contributed by atoms with E-state index in [1.807, 2.05) is 5.38 Å². The van der Waals surface area contributed by atoms with Crippen LogP contribution in [0.4, 0.5) is 0 Å². The van der Waals surface area contributed by atoms with Crippen LogP contribution in [0.25, 0.3) is 0 Å². The molecular formula is C12H18N6OS. The Balaban J connectivity index is 1.89. The first-order chi connectivity index (χ1) is 9.71. The van der Waals surface area contributed by atoms with Crippen molar-refractivity contribution in [2.75, 3.05) is 6.54 Å². The molecule has 1 amide bonds. The Labute approximate surface area is 121 Å². The van der Waals surface area contributed by atoms with Crippen molar-refractivity contribution in [1.29, 1.82) is 0 Å². The molecule has 0 aromatic carbocycles. The van der Waals surface area contributed by atoms with Gasteiger partial charge in [-0.25, -0.2) is 9.67 Å². The molecule has 0 radical (unpaired) electrons. The highest BCUT2D eigenvalue weighted by Gasteiger charge is 2.06. The van der Waals surface area contributed by atoms with Gasteiger partial charge < -0.3 is 11.1 Å². The quantitative estimate of drug-likeness (QED) is 0.765. The maximum atomic E-state index is 11.0. The van der Waals surface area contributed by atoms with Gasteiger partial charge in [-0.1, -0.05) is 12.1 Å². The van der Waals surface area contributed by atoms with E-state index in [-0.39, 0.29) is 12.5 Å². The Morgan fingerprint density at radius 3 is 3.10 bits per heavy atom. The molecule has 0 bridgehead atoms. The Morgan fingerprint density at radius 1 is 1.50 bits per heavy atom. The number of hydrogen-bond acceptors (Lipinski definition) is 6. The van der Waals surface area contributed by atoms with E-state index in [0.29, 0.717) is 18.8 Å². The van der Waals surface area contributed by atoms with E-state index >= 15 is 0 Å². The van der Waals surface area contributed by atoms with Crippen LogP contribution >= 0.6 is 11.3 Å². The predicted octanol–water partition coefficient (Wildman–Crippen LogP) is 0.310. The smallest absolute Gasteiger partial charge is 0.234 e. The average Bonchev–Trinajstić information content (AvgIpc) is 3.07. The number of nitrogens with two attached hydrogens (primary N) is 1. The van der Waals surface area contributed by atoms with Gasteiger partial charge in [0.1, 0.15) is 5.69 Å². The molecule has 2 aromatic rings. The largest absolute Gasteiger partial charge is 0.349 e. The summed E-state index contributed by atoms with van der Waals surface area (Å²) in [5.74, 6) is -0.205. The molecule has 0 spiro atoms. The zero-order valence-electron chi connectivity index (χ0n) is 11.4. The second-order valence-corrected chi connectivity index (χ2v) is 5.31. The van der Waals surface area contributed by atoms with Gasteiger partial charge in [0.15, 0.2) is 0 Å². The van der Waals surface area contributed by atoms with E-state index < -0.39 is 0 Å². The highest BCUT2D eigenvalue weighted by atomic mass is 32.1. The lowest BCUT2D eigenvalue weighted by molar-refractivity contribution is -0.119. The topological polar surface area (TPSA) is 98.7 Å². The second kappa shape index (κ2) is 7.11. The van der Waals surface area contributed by atoms with Gasteiger partial charge in [0.2, 0.25) is 5.91 Å². The summed E-state index contributed by atoms with van der Waals surface area (Å²) in [7, 11) is 0. The number of thiazole rings is 1. The van der Waals surface area contributed by atoms with Gasteiger partial charge in [-0.05, 0) is 12.8 Å². The molecule has 0 saturated heterocycles. The molecule has 2 aromatic heterocycles. The average molecular weight is 294 g/mol. The lowest BCUT2D eigenvalue weighted by atomic mass is 10.3. The van der Waals surface area contributed by atoms with Crippen molar-refractivity contribution in [3.63, 3.8) is 0 Å². The lowest BCUT2D eigenvalue weighted by Crippen LogP contribution is -2.29. The van der Waals surface area contributed by atoms with E-state index in [0.717, 1.165) is 23.5 Å². The Hall–Kier alpha value is -1.80. The van der Waals surface area contributed by atoms with Crippen molar-refractivity contribution in [3.8, 4) is 0 Å². The molecule has 0 fully saturated rings. The van der Waals surface area contributed by atoms with E-state index in [2.05, 4.69) is 27.5 Å². The molecule has 0 unspecified atom stereocenters. The SMILES string of the molecule is CCCc1nc(Cn2cc(CNC(=O)CN)nn2)cs1. The minimum atomic E-state index is -0.205. The number of nitrogens with zero attached hydrogens (tertiary/aromatic N) is 4. The maximum absolute atomic E-state index is 11.0. The normalized spacial score (nSPS) is 10.7. The summed E-state index contributed by atoms with van der Waals surface area (Å²) >= 11 is 1.67. The van der Waals surface area contributed by atoms with Crippen LogP contribution in [0.5, 0.6) is 0 Å². The first kappa shape index (κ1) is 14.6. The number of aryl methyl sites for hydroxylation is 1. The van der Waals surface area contributed by atoms with Gasteiger partial charge in [0, 0.05) is 5.38 Å². The first-order valence-electron chi connectivity index (χ1n) is 6.50. The van der Waals surface area contributed by atoms with Crippen molar-refractivity contribution in [2.45, 2.75) is 32.9 Å². The summed E-state index contributed by atoms with van der Waals surface area (Å²) in [5, 5.41) is 13.9. The van der Waals surface area contributed by atoms with Crippen LogP contribution in [-0.2, 0) is 24.3 Å². The highest BCUT2D eigenvalue weighted by molar-refractivity contribution is 7.09. The lowest BCUT2D eigenvalue weighted by Gasteiger charge is -1.98. The first-order valence-corrected chi connectivity index (χ1v) is 7.38. The fourth-order valence-electron chi connectivity index (χ4n) is 1.67. The third-order valence-electron chi connectivity index (χ3n) is 2.63. The zero-order valence-corrected chi connectivity index (χ0v) is 12.2. The van der Waals surface area contributed by atoms with Gasteiger partial charge in [-0.2, -0.15) is 0 Å². The summed E-state index contributed by atoms with van der Waals surface area (Å²) in [6.07, 6.45) is 3.91. The maximum Gasteiger partial charge on any atom is 0.234 e. The molecule has 0 aliphatic rings. The Bertz CT molecular complexity index is 564. The minimum absolute atomic E-state index is 0.0207. The molecule has 2 heterocycles. The summed E-state index contributed by atoms with van der Waals surface area (Å²) < 4.78 is 1.72. The van der Waals surface area contributed by atoms with Gasteiger partial charge >= 0.3 is 0 Å². The van der Waals surface area contributed by atoms with Crippen LogP contribution in [-0.4, -0.2) is 32.4 Å². The third kappa shape index (κ3) is 4.10. The molecule has 20 heavy (non-hydrogen) atoms. The van der Waals surface area contributed by atoms with Crippen molar-refractivity contribution >= 4 is 17.2 Å². The van der Waals surface area contributed by atoms with Crippen LogP contribution in [0.15, 0.2) is 11.6 Å². The summed E-state index contributed by atoms with van der Waals surface area (Å²) in [6.45, 7) is 3.06. The standard InChI is InChI=1S/C12H18N6OS/c1-2-3-12-15-10(8-20-12)7-18-6-9(16-17-18)5-14-11(19)4-13/h6,8H,2-5,7,13H2,1H3,(H,14,19). The van der Waals surface area contributed by atoms with Gasteiger partial charge in [0.05, 0.1) is 36.5 Å². The van der Waals surface area contributed by atoms with Crippen molar-refractivity contribution < 1.29 is 4.79 Å². The van der Waals surface area contributed by atoms with E-state index in [4.69, 9.17) is 5.73 Å². The van der Waals surface area contributed by atoms with Gasteiger partial charge in [-0.15, -0.1) is 16.4 Å². The van der Waals surface area contributed by atoms with Crippen LogP contribution in [0, 0.1) is 0 Å². The summed E-state index contributed by atoms with van der Waals surface area (Å²) in [5.41, 5.74) is 6.90. The number of aromatic nitrogens is 4. The van der Waals surface area contributed by atoms with Gasteiger partial charge in [-0.3, -0.25) is 4.79 Å². The van der Waals surface area contributed by atoms with E-state index in [9.17, 15) is 4.79 Å². The number of hydrogen-bond donors (Lipinski definition) is 2. The number of carbonyl (C=O) groups excluding carboxylic acids is 1. The van der Waals surface area contributed by atoms with Gasteiger partial charge in [0.25, 0.3) is 0 Å². The molecule has 108 valence electrons. The van der Waals surface area contributed by atoms with Crippen LogP contribution in [0.1, 0.15) is 29.7 Å². The van der Waals surface area contributed by atoms with Crippen LogP contribution in [0.2, 0.25) is 0 Å². The van der Waals surface area contributed by atoms with Crippen molar-refractivity contribution in [3.05, 3.63) is 28.0 Å².